The van der Waals surface area contributed by atoms with E-state index in [1.165, 1.54) is 186 Å². The molecule has 0 aliphatic carbocycles. The summed E-state index contributed by atoms with van der Waals surface area (Å²) in [6.45, 7) is 4.61. The van der Waals surface area contributed by atoms with Gasteiger partial charge in [-0.1, -0.05) is 248 Å². The number of carbonyl (C=O) groups excluding carboxylic acids is 1. The SMILES string of the molecule is CCCCC/C=C\C/C=C\CCCCCCCCCC(=O)NC(COP(=O)([O-])OCC[N+](C)(C)C)C(O)/C=C/CC/C=C/CC/C=C/CCCCCCCCCCCCCCCCCCCCCCC. The van der Waals surface area contributed by atoms with Crippen LogP contribution in [0, 0.1) is 0 Å². The van der Waals surface area contributed by atoms with Crippen LogP contribution in [0.5, 0.6) is 0 Å². The standard InChI is InChI=1S/C61H115N2O6P/c1-6-8-10-12-14-16-18-20-22-24-25-26-27-28-29-30-31-32-33-34-35-36-37-39-40-42-44-46-48-50-52-54-60(64)59(58-69-70(66,67)68-57-56-63(3,4)5)62-61(65)55-53-51-49-47-45-43-41-38-23-21-19-17-15-13-11-9-7-2/h15,17,21,23,37,39,44,46,52,54,59-60,64H,6-14,16,18-20,22,24-36,38,40-43,45,47-51,53,55-58H2,1-5H3,(H-,62,65,66,67)/b17-15-,23-21-,39-37+,46-44+,54-52+. The van der Waals surface area contributed by atoms with Gasteiger partial charge in [0.1, 0.15) is 13.2 Å². The maximum atomic E-state index is 12.9. The van der Waals surface area contributed by atoms with Gasteiger partial charge in [-0.15, -0.1) is 0 Å². The van der Waals surface area contributed by atoms with E-state index in [0.717, 1.165) is 64.2 Å². The summed E-state index contributed by atoms with van der Waals surface area (Å²) in [6, 6.07) is -0.917. The average molecular weight is 1000 g/mol. The molecule has 3 atom stereocenters. The molecule has 0 aliphatic rings. The van der Waals surface area contributed by atoms with Crippen LogP contribution in [0.25, 0.3) is 0 Å². The molecule has 8 nitrogen and oxygen atoms in total. The zero-order valence-electron chi connectivity index (χ0n) is 46.7. The summed E-state index contributed by atoms with van der Waals surface area (Å²) in [6.07, 6.45) is 70.3. The minimum atomic E-state index is -4.61. The molecule has 0 saturated heterocycles. The first-order chi connectivity index (χ1) is 34.0. The Morgan fingerprint density at radius 2 is 0.843 bits per heavy atom. The summed E-state index contributed by atoms with van der Waals surface area (Å²) in [5.74, 6) is -0.219. The third-order valence-corrected chi connectivity index (χ3v) is 14.1. The number of hydrogen-bond acceptors (Lipinski definition) is 6. The quantitative estimate of drug-likeness (QED) is 0.0272. The molecular formula is C61H115N2O6P. The zero-order chi connectivity index (χ0) is 51.3. The number of rotatable bonds is 54. The van der Waals surface area contributed by atoms with Crippen LogP contribution in [-0.4, -0.2) is 68.5 Å². The van der Waals surface area contributed by atoms with E-state index in [1.54, 1.807) is 6.08 Å². The molecule has 0 rings (SSSR count). The maximum Gasteiger partial charge on any atom is 0.268 e. The Kier molecular flexibility index (Phi) is 50.7. The fourth-order valence-electron chi connectivity index (χ4n) is 8.51. The van der Waals surface area contributed by atoms with Crippen LogP contribution < -0.4 is 10.2 Å². The van der Waals surface area contributed by atoms with Crippen molar-refractivity contribution in [1.82, 2.24) is 5.32 Å². The van der Waals surface area contributed by atoms with Gasteiger partial charge in [0.05, 0.1) is 39.9 Å². The van der Waals surface area contributed by atoms with Crippen molar-refractivity contribution in [2.75, 3.05) is 40.9 Å². The number of allylic oxidation sites excluding steroid dienone is 9. The molecule has 2 N–H and O–H groups in total. The highest BCUT2D eigenvalue weighted by molar-refractivity contribution is 7.45. The van der Waals surface area contributed by atoms with E-state index < -0.39 is 26.6 Å². The van der Waals surface area contributed by atoms with E-state index in [1.807, 2.05) is 27.2 Å². The van der Waals surface area contributed by atoms with Crippen molar-refractivity contribution in [3.8, 4) is 0 Å². The molecule has 0 bridgehead atoms. The number of aliphatic hydroxyl groups excluding tert-OH is 1. The summed E-state index contributed by atoms with van der Waals surface area (Å²) in [5, 5.41) is 13.9. The normalized spacial score (nSPS) is 14.3. The molecule has 0 fully saturated rings. The molecule has 410 valence electrons. The molecule has 0 spiro atoms. The van der Waals surface area contributed by atoms with Gasteiger partial charge in [0.15, 0.2) is 0 Å². The van der Waals surface area contributed by atoms with Crippen molar-refractivity contribution in [3.63, 3.8) is 0 Å². The fourth-order valence-corrected chi connectivity index (χ4v) is 9.23. The molecule has 0 aromatic heterocycles. The van der Waals surface area contributed by atoms with Gasteiger partial charge < -0.3 is 28.8 Å². The Morgan fingerprint density at radius 3 is 1.27 bits per heavy atom. The topological polar surface area (TPSA) is 108 Å². The molecule has 0 aromatic rings. The molecule has 0 heterocycles. The van der Waals surface area contributed by atoms with Gasteiger partial charge in [0.2, 0.25) is 5.91 Å². The highest BCUT2D eigenvalue weighted by Gasteiger charge is 2.23. The first-order valence-electron chi connectivity index (χ1n) is 29.7. The molecule has 0 aliphatic heterocycles. The van der Waals surface area contributed by atoms with E-state index >= 15 is 0 Å². The monoisotopic (exact) mass is 1000 g/mol. The van der Waals surface area contributed by atoms with E-state index in [9.17, 15) is 19.4 Å². The predicted molar refractivity (Wildman–Crippen MR) is 302 cm³/mol. The van der Waals surface area contributed by atoms with Crippen molar-refractivity contribution in [3.05, 3.63) is 60.8 Å². The van der Waals surface area contributed by atoms with Crippen molar-refractivity contribution in [2.24, 2.45) is 0 Å². The minimum absolute atomic E-state index is 0.0125. The first-order valence-corrected chi connectivity index (χ1v) is 31.1. The number of hydrogen-bond donors (Lipinski definition) is 2. The molecular weight excluding hydrogens is 888 g/mol. The number of aliphatic hydroxyl groups is 1. The van der Waals surface area contributed by atoms with Crippen LogP contribution in [0.4, 0.5) is 0 Å². The molecule has 0 saturated carbocycles. The molecule has 0 radical (unpaired) electrons. The lowest BCUT2D eigenvalue weighted by Crippen LogP contribution is -2.45. The minimum Gasteiger partial charge on any atom is -0.756 e. The summed E-state index contributed by atoms with van der Waals surface area (Å²) >= 11 is 0. The van der Waals surface area contributed by atoms with Crippen LogP contribution in [0.2, 0.25) is 0 Å². The van der Waals surface area contributed by atoms with Crippen LogP contribution in [-0.2, 0) is 18.4 Å². The Bertz CT molecular complexity index is 1320. The zero-order valence-corrected chi connectivity index (χ0v) is 47.6. The Labute approximate surface area is 434 Å². The number of phosphoric ester groups is 1. The average Bonchev–Trinajstić information content (AvgIpc) is 3.32. The predicted octanol–water partition coefficient (Wildman–Crippen LogP) is 17.5. The largest absolute Gasteiger partial charge is 0.756 e. The fraction of sp³-hybridized carbons (Fsp3) is 0.820. The van der Waals surface area contributed by atoms with Gasteiger partial charge in [-0.3, -0.25) is 9.36 Å². The number of amides is 1. The molecule has 3 unspecified atom stereocenters. The van der Waals surface area contributed by atoms with Gasteiger partial charge in [0, 0.05) is 6.42 Å². The van der Waals surface area contributed by atoms with Gasteiger partial charge in [-0.05, 0) is 77.0 Å². The molecule has 9 heteroatoms. The highest BCUT2D eigenvalue weighted by Crippen LogP contribution is 2.38. The van der Waals surface area contributed by atoms with Gasteiger partial charge in [-0.25, -0.2) is 0 Å². The van der Waals surface area contributed by atoms with E-state index in [0.29, 0.717) is 17.4 Å². The number of carbonyl (C=O) groups is 1. The second kappa shape index (κ2) is 52.1. The van der Waals surface area contributed by atoms with Crippen molar-refractivity contribution in [1.29, 1.82) is 0 Å². The van der Waals surface area contributed by atoms with E-state index in [2.05, 4.69) is 67.8 Å². The second-order valence-corrected chi connectivity index (χ2v) is 22.7. The third-order valence-electron chi connectivity index (χ3n) is 13.2. The van der Waals surface area contributed by atoms with Crippen LogP contribution in [0.1, 0.15) is 271 Å². The summed E-state index contributed by atoms with van der Waals surface area (Å²) in [5.41, 5.74) is 0. The molecule has 0 aromatic carbocycles. The Balaban J connectivity index is 4.22. The highest BCUT2D eigenvalue weighted by atomic mass is 31.2. The van der Waals surface area contributed by atoms with E-state index in [-0.39, 0.29) is 12.5 Å². The number of quaternary nitrogens is 1. The number of phosphoric acid groups is 1. The Morgan fingerprint density at radius 1 is 0.500 bits per heavy atom. The molecule has 70 heavy (non-hydrogen) atoms. The summed E-state index contributed by atoms with van der Waals surface area (Å²) in [4.78, 5) is 25.5. The van der Waals surface area contributed by atoms with Crippen LogP contribution >= 0.6 is 7.82 Å². The summed E-state index contributed by atoms with van der Waals surface area (Å²) < 4.78 is 23.3. The summed E-state index contributed by atoms with van der Waals surface area (Å²) in [7, 11) is 1.23. The lowest BCUT2D eigenvalue weighted by Gasteiger charge is -2.29. The van der Waals surface area contributed by atoms with E-state index in [4.69, 9.17) is 9.05 Å². The lowest BCUT2D eigenvalue weighted by atomic mass is 10.0. The van der Waals surface area contributed by atoms with Crippen molar-refractivity contribution in [2.45, 2.75) is 283 Å². The van der Waals surface area contributed by atoms with Gasteiger partial charge in [-0.2, -0.15) is 0 Å². The Hall–Kier alpha value is -1.80. The third kappa shape index (κ3) is 54.0. The number of nitrogens with zero attached hydrogens (tertiary/aromatic N) is 1. The maximum absolute atomic E-state index is 12.9. The second-order valence-electron chi connectivity index (χ2n) is 21.3. The van der Waals surface area contributed by atoms with Crippen molar-refractivity contribution >= 4 is 13.7 Å². The van der Waals surface area contributed by atoms with Crippen LogP contribution in [0.3, 0.4) is 0 Å². The smallest absolute Gasteiger partial charge is 0.268 e. The number of likely N-dealkylation sites (N-methyl/N-ethyl adjacent to an activating group) is 1. The number of nitrogens with one attached hydrogen (secondary N) is 1. The lowest BCUT2D eigenvalue weighted by molar-refractivity contribution is -0.870. The first kappa shape index (κ1) is 68.2. The van der Waals surface area contributed by atoms with Gasteiger partial charge >= 0.3 is 0 Å². The van der Waals surface area contributed by atoms with Crippen LogP contribution in [0.15, 0.2) is 60.8 Å². The van der Waals surface area contributed by atoms with Crippen molar-refractivity contribution < 1.29 is 32.9 Å². The number of unbranched alkanes of at least 4 members (excludes halogenated alkanes) is 33. The molecule has 1 amide bonds. The van der Waals surface area contributed by atoms with Gasteiger partial charge in [0.25, 0.3) is 7.82 Å².